The van der Waals surface area contributed by atoms with Crippen molar-refractivity contribution in [1.82, 2.24) is 9.55 Å². The minimum atomic E-state index is -0.663. The van der Waals surface area contributed by atoms with Crippen LogP contribution in [0.1, 0.15) is 23.0 Å². The van der Waals surface area contributed by atoms with Gasteiger partial charge in [0.2, 0.25) is 6.79 Å². The molecule has 0 atom stereocenters. The predicted octanol–water partition coefficient (Wildman–Crippen LogP) is 5.02. The van der Waals surface area contributed by atoms with E-state index in [0.717, 1.165) is 16.8 Å². The topological polar surface area (TPSA) is 82.8 Å². The Morgan fingerprint density at radius 1 is 1.16 bits per heavy atom. The fraction of sp³-hybridized carbons (Fsp3) is 0.167. The molecule has 4 aromatic rings. The maximum Gasteiger partial charge on any atom is 0.360 e. The Bertz CT molecular complexity index is 1330. The second kappa shape index (κ2) is 8.09. The van der Waals surface area contributed by atoms with E-state index in [1.807, 2.05) is 53.1 Å². The predicted molar refractivity (Wildman–Crippen MR) is 119 cm³/mol. The number of aromatic hydroxyl groups is 1. The van der Waals surface area contributed by atoms with E-state index in [9.17, 15) is 9.90 Å². The first kappa shape index (κ1) is 20.2. The SMILES string of the molecule is CCOC(=O)c1ncc2c(cc(-c3ccc(Cl)cc3)n2Cc2ccc3c(c2)OCO3)c1O. The summed E-state index contributed by atoms with van der Waals surface area (Å²) in [7, 11) is 0. The number of pyridine rings is 1. The highest BCUT2D eigenvalue weighted by Crippen LogP contribution is 2.37. The quantitative estimate of drug-likeness (QED) is 0.430. The molecule has 1 aliphatic rings. The molecule has 0 fully saturated rings. The van der Waals surface area contributed by atoms with Crippen LogP contribution >= 0.6 is 11.6 Å². The van der Waals surface area contributed by atoms with Gasteiger partial charge in [-0.3, -0.25) is 0 Å². The highest BCUT2D eigenvalue weighted by molar-refractivity contribution is 6.30. The number of carbonyl (C=O) groups is 1. The number of hydrogen-bond donors (Lipinski definition) is 1. The molecular formula is C24H19ClN2O5. The minimum Gasteiger partial charge on any atom is -0.505 e. The van der Waals surface area contributed by atoms with Crippen molar-refractivity contribution >= 4 is 28.5 Å². The molecule has 0 radical (unpaired) electrons. The molecule has 0 bridgehead atoms. The molecule has 3 heterocycles. The summed E-state index contributed by atoms with van der Waals surface area (Å²) < 4.78 is 18.0. The number of nitrogens with zero attached hydrogens (tertiary/aromatic N) is 2. The molecular weight excluding hydrogens is 432 g/mol. The standard InChI is InChI=1S/C24H19ClN2O5/c1-2-30-24(29)22-23(28)17-10-18(15-4-6-16(25)7-5-15)27(19(17)11-26-22)12-14-3-8-20-21(9-14)32-13-31-20/h3-11,28H,2,12-13H2,1H3. The molecule has 2 aromatic heterocycles. The molecule has 0 saturated heterocycles. The van der Waals surface area contributed by atoms with Crippen molar-refractivity contribution in [3.05, 3.63) is 71.0 Å². The Labute approximate surface area is 188 Å². The van der Waals surface area contributed by atoms with E-state index in [2.05, 4.69) is 4.98 Å². The third-order valence-corrected chi connectivity index (χ3v) is 5.57. The molecule has 2 aromatic carbocycles. The van der Waals surface area contributed by atoms with Crippen LogP contribution in [0.3, 0.4) is 0 Å². The number of fused-ring (bicyclic) bond motifs is 2. The summed E-state index contributed by atoms with van der Waals surface area (Å²) in [5.41, 5.74) is 3.30. The number of rotatable bonds is 5. The van der Waals surface area contributed by atoms with Crippen LogP contribution in [-0.2, 0) is 11.3 Å². The van der Waals surface area contributed by atoms with E-state index in [4.69, 9.17) is 25.8 Å². The summed E-state index contributed by atoms with van der Waals surface area (Å²) >= 11 is 6.08. The number of halogens is 1. The van der Waals surface area contributed by atoms with E-state index in [1.54, 1.807) is 13.1 Å². The molecule has 0 amide bonds. The van der Waals surface area contributed by atoms with E-state index < -0.39 is 5.97 Å². The second-order valence-electron chi connectivity index (χ2n) is 7.29. The van der Waals surface area contributed by atoms with Crippen molar-refractivity contribution in [1.29, 1.82) is 0 Å². The van der Waals surface area contributed by atoms with Gasteiger partial charge in [0.05, 0.1) is 18.3 Å². The molecule has 8 heteroatoms. The van der Waals surface area contributed by atoms with Gasteiger partial charge in [0, 0.05) is 22.6 Å². The van der Waals surface area contributed by atoms with Gasteiger partial charge in [0.15, 0.2) is 22.9 Å². The first-order valence-corrected chi connectivity index (χ1v) is 10.5. The van der Waals surface area contributed by atoms with Gasteiger partial charge in [0.25, 0.3) is 0 Å². The van der Waals surface area contributed by atoms with Gasteiger partial charge < -0.3 is 23.9 Å². The van der Waals surface area contributed by atoms with E-state index >= 15 is 0 Å². The Balaban J connectivity index is 1.66. The van der Waals surface area contributed by atoms with Gasteiger partial charge in [-0.15, -0.1) is 0 Å². The average molecular weight is 451 g/mol. The Hall–Kier alpha value is -3.71. The molecule has 0 aliphatic carbocycles. The number of ether oxygens (including phenoxy) is 3. The Morgan fingerprint density at radius 2 is 1.94 bits per heavy atom. The normalized spacial score (nSPS) is 12.3. The van der Waals surface area contributed by atoms with Crippen molar-refractivity contribution in [2.24, 2.45) is 0 Å². The van der Waals surface area contributed by atoms with Crippen molar-refractivity contribution in [3.8, 4) is 28.5 Å². The molecule has 0 spiro atoms. The Kier molecular flexibility index (Phi) is 5.11. The zero-order chi connectivity index (χ0) is 22.2. The molecule has 32 heavy (non-hydrogen) atoms. The molecule has 7 nitrogen and oxygen atoms in total. The largest absolute Gasteiger partial charge is 0.505 e. The lowest BCUT2D eigenvalue weighted by atomic mass is 10.1. The second-order valence-corrected chi connectivity index (χ2v) is 7.72. The van der Waals surface area contributed by atoms with Crippen molar-refractivity contribution in [2.75, 3.05) is 13.4 Å². The minimum absolute atomic E-state index is 0.109. The van der Waals surface area contributed by atoms with Crippen LogP contribution in [0, 0.1) is 0 Å². The molecule has 5 rings (SSSR count). The zero-order valence-corrected chi connectivity index (χ0v) is 17.9. The van der Waals surface area contributed by atoms with Crippen LogP contribution in [-0.4, -0.2) is 34.0 Å². The van der Waals surface area contributed by atoms with Gasteiger partial charge in [-0.1, -0.05) is 29.8 Å². The average Bonchev–Trinajstić information content (AvgIpc) is 3.40. The van der Waals surface area contributed by atoms with Gasteiger partial charge in [0.1, 0.15) is 0 Å². The van der Waals surface area contributed by atoms with Gasteiger partial charge in [-0.2, -0.15) is 0 Å². The van der Waals surface area contributed by atoms with Crippen LogP contribution < -0.4 is 9.47 Å². The van der Waals surface area contributed by atoms with Crippen molar-refractivity contribution in [3.63, 3.8) is 0 Å². The highest BCUT2D eigenvalue weighted by Gasteiger charge is 2.22. The molecule has 0 saturated carbocycles. The lowest BCUT2D eigenvalue weighted by molar-refractivity contribution is 0.0516. The summed E-state index contributed by atoms with van der Waals surface area (Å²) in [6, 6.07) is 15.0. The Morgan fingerprint density at radius 3 is 2.72 bits per heavy atom. The summed E-state index contributed by atoms with van der Waals surface area (Å²) in [4.78, 5) is 16.4. The zero-order valence-electron chi connectivity index (χ0n) is 17.2. The molecule has 0 unspecified atom stereocenters. The third kappa shape index (κ3) is 3.50. The van der Waals surface area contributed by atoms with Crippen LogP contribution in [0.15, 0.2) is 54.7 Å². The number of esters is 1. The highest BCUT2D eigenvalue weighted by atomic mass is 35.5. The molecule has 162 valence electrons. The van der Waals surface area contributed by atoms with Crippen LogP contribution in [0.5, 0.6) is 17.2 Å². The monoisotopic (exact) mass is 450 g/mol. The first-order chi connectivity index (χ1) is 15.5. The van der Waals surface area contributed by atoms with Crippen molar-refractivity contribution < 1.29 is 24.1 Å². The fourth-order valence-corrected chi connectivity index (χ4v) is 3.93. The number of hydrogen-bond acceptors (Lipinski definition) is 6. The summed E-state index contributed by atoms with van der Waals surface area (Å²) in [5.74, 6) is 0.532. The van der Waals surface area contributed by atoms with Crippen molar-refractivity contribution in [2.45, 2.75) is 13.5 Å². The lowest BCUT2D eigenvalue weighted by Gasteiger charge is -2.12. The summed E-state index contributed by atoms with van der Waals surface area (Å²) in [5, 5.41) is 12.0. The maximum absolute atomic E-state index is 12.2. The summed E-state index contributed by atoms with van der Waals surface area (Å²) in [6.45, 7) is 2.58. The lowest BCUT2D eigenvalue weighted by Crippen LogP contribution is -2.08. The number of aromatic nitrogens is 2. The van der Waals surface area contributed by atoms with Gasteiger partial charge in [-0.05, 0) is 48.4 Å². The summed E-state index contributed by atoms with van der Waals surface area (Å²) in [6.07, 6.45) is 1.58. The van der Waals surface area contributed by atoms with Crippen LogP contribution in [0.4, 0.5) is 0 Å². The van der Waals surface area contributed by atoms with Crippen LogP contribution in [0.2, 0.25) is 5.02 Å². The van der Waals surface area contributed by atoms with E-state index in [0.29, 0.717) is 34.0 Å². The molecule has 1 aliphatic heterocycles. The fourth-order valence-electron chi connectivity index (χ4n) is 3.81. The van der Waals surface area contributed by atoms with Gasteiger partial charge >= 0.3 is 5.97 Å². The number of carbonyl (C=O) groups excluding carboxylic acids is 1. The third-order valence-electron chi connectivity index (χ3n) is 5.32. The van der Waals surface area contributed by atoms with Gasteiger partial charge in [-0.25, -0.2) is 9.78 Å². The number of benzene rings is 2. The maximum atomic E-state index is 12.2. The smallest absolute Gasteiger partial charge is 0.360 e. The van der Waals surface area contributed by atoms with Crippen LogP contribution in [0.25, 0.3) is 22.2 Å². The molecule has 1 N–H and O–H groups in total. The first-order valence-electron chi connectivity index (χ1n) is 10.1. The van der Waals surface area contributed by atoms with E-state index in [1.165, 1.54) is 0 Å². The van der Waals surface area contributed by atoms with E-state index in [-0.39, 0.29) is 24.8 Å².